The Balaban J connectivity index is 1.77. The van der Waals surface area contributed by atoms with Crippen LogP contribution in [0.3, 0.4) is 0 Å². The topological polar surface area (TPSA) is 50.4 Å². The summed E-state index contributed by atoms with van der Waals surface area (Å²) in [7, 11) is 0. The molecule has 0 saturated heterocycles. The van der Waals surface area contributed by atoms with Crippen molar-refractivity contribution < 1.29 is 9.53 Å². The van der Waals surface area contributed by atoms with Crippen LogP contribution in [-0.4, -0.2) is 18.2 Å². The lowest BCUT2D eigenvalue weighted by atomic mass is 9.83. The molecule has 2 N–H and O–H groups in total. The fourth-order valence-corrected chi connectivity index (χ4v) is 2.89. The van der Waals surface area contributed by atoms with Crippen molar-refractivity contribution in [3.8, 4) is 0 Å². The average Bonchev–Trinajstić information content (AvgIpc) is 2.46. The molecule has 0 unspecified atom stereocenters. The highest BCUT2D eigenvalue weighted by molar-refractivity contribution is 5.85. The van der Waals surface area contributed by atoms with E-state index in [1.807, 2.05) is 45.0 Å². The molecule has 0 aliphatic heterocycles. The number of amides is 1. The number of hydrogen-bond acceptors (Lipinski definition) is 3. The largest absolute Gasteiger partial charge is 0.444 e. The number of carbonyl (C=O) groups excluding carboxylic acids is 1. The molecule has 0 spiro atoms. The van der Waals surface area contributed by atoms with Gasteiger partial charge in [0.15, 0.2) is 0 Å². The summed E-state index contributed by atoms with van der Waals surface area (Å²) in [6.07, 6.45) is 4.93. The quantitative estimate of drug-likeness (QED) is 0.795. The number of rotatable bonds is 4. The average molecular weight is 318 g/mol. The Bertz CT molecular complexity index is 497. The third kappa shape index (κ3) is 6.51. The van der Waals surface area contributed by atoms with Crippen LogP contribution in [0.2, 0.25) is 0 Å². The van der Waals surface area contributed by atoms with Crippen molar-refractivity contribution in [3.63, 3.8) is 0 Å². The number of nitrogens with one attached hydrogen (secondary N) is 2. The zero-order valence-corrected chi connectivity index (χ0v) is 14.8. The minimum absolute atomic E-state index is 0.422. The maximum Gasteiger partial charge on any atom is 0.412 e. The molecule has 1 aromatic carbocycles. The van der Waals surface area contributed by atoms with Crippen molar-refractivity contribution in [2.75, 3.05) is 17.2 Å². The van der Waals surface area contributed by atoms with Crippen molar-refractivity contribution in [1.29, 1.82) is 0 Å². The Morgan fingerprint density at radius 1 is 1.09 bits per heavy atom. The molecule has 1 aliphatic carbocycles. The van der Waals surface area contributed by atoms with E-state index in [0.29, 0.717) is 0 Å². The van der Waals surface area contributed by atoms with Gasteiger partial charge in [-0.05, 0) is 69.7 Å². The predicted molar refractivity (Wildman–Crippen MR) is 95.9 cm³/mol. The van der Waals surface area contributed by atoms with E-state index in [1.165, 1.54) is 25.7 Å². The highest BCUT2D eigenvalue weighted by atomic mass is 16.6. The first-order valence-electron chi connectivity index (χ1n) is 8.66. The minimum Gasteiger partial charge on any atom is -0.444 e. The van der Waals surface area contributed by atoms with Crippen molar-refractivity contribution in [3.05, 3.63) is 24.3 Å². The van der Waals surface area contributed by atoms with Crippen LogP contribution < -0.4 is 10.6 Å². The van der Waals surface area contributed by atoms with Crippen LogP contribution in [0.5, 0.6) is 0 Å². The Morgan fingerprint density at radius 2 is 1.65 bits per heavy atom. The first kappa shape index (κ1) is 17.6. The number of ether oxygens (including phenoxy) is 1. The fraction of sp³-hybridized carbons (Fsp3) is 0.632. The van der Waals surface area contributed by atoms with Crippen LogP contribution >= 0.6 is 0 Å². The van der Waals surface area contributed by atoms with Crippen molar-refractivity contribution >= 4 is 17.5 Å². The van der Waals surface area contributed by atoms with Crippen LogP contribution in [0.4, 0.5) is 16.2 Å². The van der Waals surface area contributed by atoms with Crippen LogP contribution in [-0.2, 0) is 4.74 Å². The minimum atomic E-state index is -0.483. The molecule has 128 valence electrons. The smallest absolute Gasteiger partial charge is 0.412 e. The first-order valence-corrected chi connectivity index (χ1v) is 8.66. The lowest BCUT2D eigenvalue weighted by molar-refractivity contribution is 0.0636. The summed E-state index contributed by atoms with van der Waals surface area (Å²) in [6, 6.07) is 7.79. The number of anilines is 2. The van der Waals surface area contributed by atoms with Gasteiger partial charge in [0.25, 0.3) is 0 Å². The molecule has 0 bridgehead atoms. The number of hydrogen-bond donors (Lipinski definition) is 2. The second kappa shape index (κ2) is 7.71. The fourth-order valence-electron chi connectivity index (χ4n) is 2.89. The van der Waals surface area contributed by atoms with Gasteiger partial charge in [0.1, 0.15) is 5.60 Å². The maximum absolute atomic E-state index is 11.7. The number of benzene rings is 1. The molecule has 0 atom stereocenters. The molecule has 1 amide bonds. The standard InChI is InChI=1S/C19H30N2O2/c1-14-5-7-15(8-6-14)13-20-16-9-11-17(12-10-16)21-18(22)23-19(2,3)4/h9-12,14-15,20H,5-8,13H2,1-4H3,(H,21,22). The van der Waals surface area contributed by atoms with Crippen LogP contribution in [0.25, 0.3) is 0 Å². The molecule has 0 aromatic heterocycles. The molecule has 1 saturated carbocycles. The second-order valence-electron chi connectivity index (χ2n) is 7.71. The molecule has 1 aliphatic rings. The van der Waals surface area contributed by atoms with E-state index in [2.05, 4.69) is 17.6 Å². The monoisotopic (exact) mass is 318 g/mol. The van der Waals surface area contributed by atoms with Gasteiger partial charge in [-0.2, -0.15) is 0 Å². The van der Waals surface area contributed by atoms with Gasteiger partial charge in [0.05, 0.1) is 0 Å². The highest BCUT2D eigenvalue weighted by Gasteiger charge is 2.18. The Hall–Kier alpha value is -1.71. The second-order valence-corrected chi connectivity index (χ2v) is 7.71. The Kier molecular flexibility index (Phi) is 5.91. The predicted octanol–water partition coefficient (Wildman–Crippen LogP) is 5.27. The van der Waals surface area contributed by atoms with E-state index < -0.39 is 11.7 Å². The van der Waals surface area contributed by atoms with E-state index in [0.717, 1.165) is 29.8 Å². The van der Waals surface area contributed by atoms with Gasteiger partial charge in [-0.25, -0.2) is 4.79 Å². The SMILES string of the molecule is CC1CCC(CNc2ccc(NC(=O)OC(C)(C)C)cc2)CC1. The molecular formula is C19H30N2O2. The van der Waals surface area contributed by atoms with Crippen LogP contribution in [0.1, 0.15) is 53.4 Å². The molecule has 4 nitrogen and oxygen atoms in total. The molecule has 1 fully saturated rings. The summed E-state index contributed by atoms with van der Waals surface area (Å²) in [6.45, 7) is 8.94. The molecule has 23 heavy (non-hydrogen) atoms. The van der Waals surface area contributed by atoms with E-state index in [9.17, 15) is 4.79 Å². The van der Waals surface area contributed by atoms with Gasteiger partial charge in [0.2, 0.25) is 0 Å². The van der Waals surface area contributed by atoms with E-state index in [1.54, 1.807) is 0 Å². The summed E-state index contributed by atoms with van der Waals surface area (Å²) >= 11 is 0. The van der Waals surface area contributed by atoms with Gasteiger partial charge in [-0.15, -0.1) is 0 Å². The molecule has 1 aromatic rings. The van der Waals surface area contributed by atoms with Crippen molar-refractivity contribution in [2.45, 2.75) is 59.0 Å². The normalized spacial score (nSPS) is 21.6. The van der Waals surface area contributed by atoms with Gasteiger partial charge < -0.3 is 10.1 Å². The molecule has 2 rings (SSSR count). The summed E-state index contributed by atoms with van der Waals surface area (Å²) in [5.41, 5.74) is 1.36. The van der Waals surface area contributed by atoms with E-state index in [4.69, 9.17) is 4.74 Å². The summed E-state index contributed by atoms with van der Waals surface area (Å²) in [5.74, 6) is 1.68. The van der Waals surface area contributed by atoms with Crippen molar-refractivity contribution in [1.82, 2.24) is 0 Å². The zero-order valence-electron chi connectivity index (χ0n) is 14.8. The first-order chi connectivity index (χ1) is 10.8. The zero-order chi connectivity index (χ0) is 16.9. The van der Waals surface area contributed by atoms with Gasteiger partial charge in [-0.3, -0.25) is 5.32 Å². The Labute approximate surface area is 140 Å². The molecule has 0 radical (unpaired) electrons. The summed E-state index contributed by atoms with van der Waals surface area (Å²) < 4.78 is 5.24. The Morgan fingerprint density at radius 3 is 2.22 bits per heavy atom. The molecule has 0 heterocycles. The summed E-state index contributed by atoms with van der Waals surface area (Å²) in [5, 5.41) is 6.25. The van der Waals surface area contributed by atoms with Gasteiger partial charge >= 0.3 is 6.09 Å². The molecular weight excluding hydrogens is 288 g/mol. The third-order valence-electron chi connectivity index (χ3n) is 4.26. The maximum atomic E-state index is 11.7. The van der Waals surface area contributed by atoms with Crippen LogP contribution in [0.15, 0.2) is 24.3 Å². The third-order valence-corrected chi connectivity index (χ3v) is 4.26. The van der Waals surface area contributed by atoms with Crippen molar-refractivity contribution in [2.24, 2.45) is 11.8 Å². The lowest BCUT2D eigenvalue weighted by Crippen LogP contribution is -2.27. The number of carbonyl (C=O) groups is 1. The summed E-state index contributed by atoms with van der Waals surface area (Å²) in [4.78, 5) is 11.7. The lowest BCUT2D eigenvalue weighted by Gasteiger charge is -2.26. The van der Waals surface area contributed by atoms with Gasteiger partial charge in [-0.1, -0.05) is 19.8 Å². The van der Waals surface area contributed by atoms with Gasteiger partial charge in [0, 0.05) is 17.9 Å². The highest BCUT2D eigenvalue weighted by Crippen LogP contribution is 2.28. The molecule has 4 heteroatoms. The van der Waals surface area contributed by atoms with E-state index >= 15 is 0 Å². The van der Waals surface area contributed by atoms with Crippen LogP contribution in [0, 0.1) is 11.8 Å². The van der Waals surface area contributed by atoms with E-state index in [-0.39, 0.29) is 0 Å².